The molecule has 6 heteroatoms. The van der Waals surface area contributed by atoms with Crippen LogP contribution in [-0.4, -0.2) is 17.9 Å². The Morgan fingerprint density at radius 2 is 1.91 bits per heavy atom. The predicted octanol–water partition coefficient (Wildman–Crippen LogP) is 3.26. The topological polar surface area (TPSA) is 81.4 Å². The predicted molar refractivity (Wildman–Crippen MR) is 92.1 cm³/mol. The first-order valence-electron chi connectivity index (χ1n) is 7.36. The van der Waals surface area contributed by atoms with Crippen molar-refractivity contribution >= 4 is 28.2 Å². The fourth-order valence-corrected chi connectivity index (χ4v) is 3.26. The zero-order chi connectivity index (χ0) is 17.0. The van der Waals surface area contributed by atoms with Gasteiger partial charge in [-0.2, -0.15) is 0 Å². The Morgan fingerprint density at radius 3 is 2.48 bits per heavy atom. The van der Waals surface area contributed by atoms with Crippen LogP contribution in [-0.2, 0) is 4.79 Å². The van der Waals surface area contributed by atoms with Gasteiger partial charge >= 0.3 is 0 Å². The maximum absolute atomic E-state index is 12.5. The summed E-state index contributed by atoms with van der Waals surface area (Å²) in [6.45, 7) is 5.58. The van der Waals surface area contributed by atoms with E-state index in [9.17, 15) is 9.59 Å². The fourth-order valence-electron chi connectivity index (χ4n) is 2.19. The third kappa shape index (κ3) is 3.90. The third-order valence-corrected chi connectivity index (χ3v) is 4.68. The molecule has 1 heterocycles. The van der Waals surface area contributed by atoms with E-state index >= 15 is 0 Å². The highest BCUT2D eigenvalue weighted by Crippen LogP contribution is 2.32. The molecule has 2 rings (SSSR count). The molecule has 0 spiro atoms. The number of hydrogen-bond donors (Lipinski definition) is 2. The Labute approximate surface area is 139 Å². The van der Waals surface area contributed by atoms with Gasteiger partial charge < -0.3 is 15.8 Å². The lowest BCUT2D eigenvalue weighted by Crippen LogP contribution is -2.32. The molecule has 0 saturated carbocycles. The van der Waals surface area contributed by atoms with Crippen LogP contribution < -0.4 is 15.8 Å². The number of anilines is 1. The molecule has 1 aromatic heterocycles. The molecule has 0 aliphatic rings. The van der Waals surface area contributed by atoms with E-state index in [-0.39, 0.29) is 5.91 Å². The normalized spacial score (nSPS) is 11.8. The molecule has 5 nitrogen and oxygen atoms in total. The number of rotatable bonds is 6. The first kappa shape index (κ1) is 17.0. The number of hydrogen-bond acceptors (Lipinski definition) is 4. The van der Waals surface area contributed by atoms with E-state index in [0.717, 1.165) is 10.4 Å². The summed E-state index contributed by atoms with van der Waals surface area (Å²) in [5, 5.41) is 3.26. The third-order valence-electron chi connectivity index (χ3n) is 3.55. The Bertz CT molecular complexity index is 710. The van der Waals surface area contributed by atoms with E-state index in [0.29, 0.717) is 22.7 Å². The van der Waals surface area contributed by atoms with Gasteiger partial charge in [-0.15, -0.1) is 11.3 Å². The second-order valence-corrected chi connectivity index (χ2v) is 6.39. The van der Waals surface area contributed by atoms with Gasteiger partial charge in [0.05, 0.1) is 5.56 Å². The molecule has 1 aromatic carbocycles. The minimum absolute atomic E-state index is 0.292. The van der Waals surface area contributed by atoms with Gasteiger partial charge in [-0.1, -0.05) is 25.1 Å². The standard InChI is InChI=1S/C17H20N2O3S/c1-4-13(22-12-8-6-5-7-9-12)16(21)19-17-14(15(18)20)10(2)11(3)23-17/h5-9,13H,4H2,1-3H3,(H2,18,20)(H,19,21)/t13-/m1/s1. The molecular weight excluding hydrogens is 312 g/mol. The number of benzene rings is 1. The van der Waals surface area contributed by atoms with Gasteiger partial charge in [0, 0.05) is 4.88 Å². The van der Waals surface area contributed by atoms with Crippen LogP contribution in [0.5, 0.6) is 5.75 Å². The van der Waals surface area contributed by atoms with E-state index in [1.54, 1.807) is 12.1 Å². The van der Waals surface area contributed by atoms with Crippen LogP contribution in [0.1, 0.15) is 34.1 Å². The van der Waals surface area contributed by atoms with Gasteiger partial charge in [-0.25, -0.2) is 0 Å². The van der Waals surface area contributed by atoms with Crippen LogP contribution in [0.4, 0.5) is 5.00 Å². The molecule has 0 aliphatic carbocycles. The largest absolute Gasteiger partial charge is 0.481 e. The van der Waals surface area contributed by atoms with Crippen LogP contribution in [0.25, 0.3) is 0 Å². The maximum Gasteiger partial charge on any atom is 0.266 e. The van der Waals surface area contributed by atoms with Gasteiger partial charge in [-0.05, 0) is 38.0 Å². The average molecular weight is 332 g/mol. The highest BCUT2D eigenvalue weighted by atomic mass is 32.1. The Balaban J connectivity index is 2.17. The smallest absolute Gasteiger partial charge is 0.266 e. The van der Waals surface area contributed by atoms with Crippen molar-refractivity contribution in [2.75, 3.05) is 5.32 Å². The minimum atomic E-state index is -0.638. The zero-order valence-corrected chi connectivity index (χ0v) is 14.2. The summed E-state index contributed by atoms with van der Waals surface area (Å²) in [4.78, 5) is 25.0. The molecular formula is C17H20N2O3S. The van der Waals surface area contributed by atoms with Gasteiger partial charge in [0.15, 0.2) is 6.10 Å². The average Bonchev–Trinajstić information content (AvgIpc) is 2.80. The van der Waals surface area contributed by atoms with Crippen molar-refractivity contribution in [3.05, 3.63) is 46.3 Å². The monoisotopic (exact) mass is 332 g/mol. The molecule has 23 heavy (non-hydrogen) atoms. The molecule has 0 bridgehead atoms. The van der Waals surface area contributed by atoms with E-state index in [1.807, 2.05) is 39.0 Å². The summed E-state index contributed by atoms with van der Waals surface area (Å²) in [7, 11) is 0. The molecule has 0 aliphatic heterocycles. The van der Waals surface area contributed by atoms with Gasteiger partial charge in [0.1, 0.15) is 10.8 Å². The number of carbonyl (C=O) groups excluding carboxylic acids is 2. The second-order valence-electron chi connectivity index (χ2n) is 5.17. The van der Waals surface area contributed by atoms with Gasteiger partial charge in [0.2, 0.25) is 0 Å². The quantitative estimate of drug-likeness (QED) is 0.852. The second kappa shape index (κ2) is 7.28. The highest BCUT2D eigenvalue weighted by molar-refractivity contribution is 7.16. The lowest BCUT2D eigenvalue weighted by molar-refractivity contribution is -0.122. The van der Waals surface area contributed by atoms with Crippen molar-refractivity contribution in [2.24, 2.45) is 5.73 Å². The molecule has 0 saturated heterocycles. The van der Waals surface area contributed by atoms with Crippen molar-refractivity contribution in [2.45, 2.75) is 33.3 Å². The lowest BCUT2D eigenvalue weighted by Gasteiger charge is -2.17. The van der Waals surface area contributed by atoms with E-state index in [4.69, 9.17) is 10.5 Å². The molecule has 122 valence electrons. The summed E-state index contributed by atoms with van der Waals surface area (Å²) < 4.78 is 5.71. The van der Waals surface area contributed by atoms with Gasteiger partial charge in [-0.3, -0.25) is 9.59 Å². The van der Waals surface area contributed by atoms with E-state index in [2.05, 4.69) is 5.32 Å². The molecule has 2 amide bonds. The van der Waals surface area contributed by atoms with Crippen molar-refractivity contribution in [1.82, 2.24) is 0 Å². The fraction of sp³-hybridized carbons (Fsp3) is 0.294. The maximum atomic E-state index is 12.5. The van der Waals surface area contributed by atoms with Crippen LogP contribution in [0, 0.1) is 13.8 Å². The summed E-state index contributed by atoms with van der Waals surface area (Å²) >= 11 is 1.34. The molecule has 0 unspecified atom stereocenters. The number of nitrogens with two attached hydrogens (primary N) is 1. The number of ether oxygens (including phenoxy) is 1. The summed E-state index contributed by atoms with van der Waals surface area (Å²) in [6, 6.07) is 9.16. The number of amides is 2. The number of aryl methyl sites for hydroxylation is 1. The highest BCUT2D eigenvalue weighted by Gasteiger charge is 2.23. The molecule has 0 radical (unpaired) electrons. The zero-order valence-electron chi connectivity index (χ0n) is 13.4. The number of thiophene rings is 1. The SMILES string of the molecule is CC[C@@H](Oc1ccccc1)C(=O)Nc1sc(C)c(C)c1C(N)=O. The van der Waals surface area contributed by atoms with Crippen molar-refractivity contribution < 1.29 is 14.3 Å². The Hall–Kier alpha value is -2.34. The number of nitrogens with one attached hydrogen (secondary N) is 1. The molecule has 0 fully saturated rings. The minimum Gasteiger partial charge on any atom is -0.481 e. The van der Waals surface area contributed by atoms with Crippen molar-refractivity contribution in [3.63, 3.8) is 0 Å². The first-order valence-corrected chi connectivity index (χ1v) is 8.18. The molecule has 2 aromatic rings. The summed E-state index contributed by atoms with van der Waals surface area (Å²) in [5.74, 6) is -0.206. The number of para-hydroxylation sites is 1. The van der Waals surface area contributed by atoms with Gasteiger partial charge in [0.25, 0.3) is 11.8 Å². The first-order chi connectivity index (χ1) is 10.9. The number of primary amides is 1. The summed E-state index contributed by atoms with van der Waals surface area (Å²) in [5.41, 5.74) is 6.59. The molecule has 3 N–H and O–H groups in total. The molecule has 1 atom stereocenters. The summed E-state index contributed by atoms with van der Waals surface area (Å²) in [6.07, 6.45) is -0.128. The lowest BCUT2D eigenvalue weighted by atomic mass is 10.1. The number of carbonyl (C=O) groups is 2. The Kier molecular flexibility index (Phi) is 5.39. The van der Waals surface area contributed by atoms with Crippen LogP contribution >= 0.6 is 11.3 Å². The van der Waals surface area contributed by atoms with Crippen LogP contribution in [0.2, 0.25) is 0 Å². The van der Waals surface area contributed by atoms with Crippen LogP contribution in [0.3, 0.4) is 0 Å². The van der Waals surface area contributed by atoms with E-state index in [1.165, 1.54) is 11.3 Å². The Morgan fingerprint density at radius 1 is 1.26 bits per heavy atom. The van der Waals surface area contributed by atoms with Crippen molar-refractivity contribution in [3.8, 4) is 5.75 Å². The van der Waals surface area contributed by atoms with Crippen molar-refractivity contribution in [1.29, 1.82) is 0 Å². The van der Waals surface area contributed by atoms with Crippen LogP contribution in [0.15, 0.2) is 30.3 Å². The van der Waals surface area contributed by atoms with E-state index < -0.39 is 12.0 Å².